The topological polar surface area (TPSA) is 116 Å². The first-order chi connectivity index (χ1) is 11.0. The third kappa shape index (κ3) is 2.70. The van der Waals surface area contributed by atoms with Gasteiger partial charge in [0.25, 0.3) is 0 Å². The number of hydrogen-bond acceptors (Lipinski definition) is 9. The van der Waals surface area contributed by atoms with E-state index in [0.29, 0.717) is 33.2 Å². The van der Waals surface area contributed by atoms with Crippen LogP contribution in [0.1, 0.15) is 26.5 Å². The van der Waals surface area contributed by atoms with Crippen LogP contribution in [0.25, 0.3) is 10.3 Å². The molecule has 23 heavy (non-hydrogen) atoms. The smallest absolute Gasteiger partial charge is 0.238 e. The fourth-order valence-electron chi connectivity index (χ4n) is 2.65. The first-order valence-corrected chi connectivity index (χ1v) is 8.53. The van der Waals surface area contributed by atoms with E-state index in [9.17, 15) is 10.2 Å². The number of aromatic nitrogens is 3. The number of hydrogen-bond donors (Lipinski definition) is 3. The molecular weight excluding hydrogens is 340 g/mol. The van der Waals surface area contributed by atoms with E-state index in [-0.39, 0.29) is 5.95 Å². The highest BCUT2D eigenvalue weighted by Crippen LogP contribution is 2.37. The molecule has 0 aromatic carbocycles. The van der Waals surface area contributed by atoms with Crippen LogP contribution >= 0.6 is 23.6 Å². The number of thiazole rings is 1. The zero-order valence-corrected chi connectivity index (χ0v) is 14.3. The number of ether oxygens (including phenoxy) is 2. The summed E-state index contributed by atoms with van der Waals surface area (Å²) in [5.41, 5.74) is 6.18. The lowest BCUT2D eigenvalue weighted by Gasteiger charge is -2.17. The van der Waals surface area contributed by atoms with Crippen molar-refractivity contribution in [2.75, 3.05) is 12.3 Å². The Morgan fingerprint density at radius 2 is 2.09 bits per heavy atom. The minimum absolute atomic E-state index is 0.0441. The Morgan fingerprint density at radius 1 is 1.35 bits per heavy atom. The number of anilines is 1. The van der Waals surface area contributed by atoms with E-state index in [1.807, 2.05) is 13.8 Å². The molecule has 1 aliphatic heterocycles. The largest absolute Gasteiger partial charge is 0.477 e. The Balaban J connectivity index is 2.15. The highest BCUT2D eigenvalue weighted by molar-refractivity contribution is 7.73. The van der Waals surface area contributed by atoms with Crippen LogP contribution in [0, 0.1) is 3.95 Å². The van der Waals surface area contributed by atoms with Crippen molar-refractivity contribution in [1.82, 2.24) is 14.5 Å². The second-order valence-electron chi connectivity index (χ2n) is 5.17. The van der Waals surface area contributed by atoms with Crippen LogP contribution in [0.3, 0.4) is 0 Å². The summed E-state index contributed by atoms with van der Waals surface area (Å²) in [5.74, 6) is 0.396. The van der Waals surface area contributed by atoms with Crippen molar-refractivity contribution < 1.29 is 19.7 Å². The van der Waals surface area contributed by atoms with Crippen LogP contribution in [0.4, 0.5) is 5.95 Å². The van der Waals surface area contributed by atoms with Gasteiger partial charge in [-0.1, -0.05) is 18.3 Å². The second kappa shape index (κ2) is 6.29. The van der Waals surface area contributed by atoms with Gasteiger partial charge in [-0.3, -0.25) is 4.57 Å². The van der Waals surface area contributed by atoms with Gasteiger partial charge in [-0.15, -0.1) is 0 Å². The number of aliphatic hydroxyl groups excluding tert-OH is 2. The van der Waals surface area contributed by atoms with Crippen LogP contribution in [0.2, 0.25) is 0 Å². The number of nitrogen functional groups attached to an aromatic ring is 1. The van der Waals surface area contributed by atoms with Crippen LogP contribution < -0.4 is 10.5 Å². The van der Waals surface area contributed by atoms with E-state index in [4.69, 9.17) is 27.4 Å². The van der Waals surface area contributed by atoms with Gasteiger partial charge in [-0.25, -0.2) is 0 Å². The molecule has 0 unspecified atom stereocenters. The van der Waals surface area contributed by atoms with E-state index in [1.54, 1.807) is 4.57 Å². The van der Waals surface area contributed by atoms with E-state index < -0.39 is 24.5 Å². The summed E-state index contributed by atoms with van der Waals surface area (Å²) in [4.78, 5) is 8.29. The fourth-order valence-corrected chi connectivity index (χ4v) is 3.98. The van der Waals surface area contributed by atoms with Gasteiger partial charge in [0.15, 0.2) is 15.8 Å². The van der Waals surface area contributed by atoms with E-state index >= 15 is 0 Å². The Kier molecular flexibility index (Phi) is 4.52. The van der Waals surface area contributed by atoms with Crippen LogP contribution in [-0.4, -0.2) is 49.7 Å². The Morgan fingerprint density at radius 3 is 2.70 bits per heavy atom. The minimum Gasteiger partial charge on any atom is -0.477 e. The molecule has 4 atom stereocenters. The number of rotatable bonds is 4. The minimum atomic E-state index is -1.10. The standard InChI is InChI=1S/C13H18N4O4S2/c1-3-5-6(18)7(19)11(21-5)17-9-8(23-13(17)22)10(20-4-2)16-12(14)15-9/h5-7,11,18-19H,3-4H2,1-2H3,(H2,14,15,16)/t5-,6-,7-,11-/m1/s1. The molecule has 0 spiro atoms. The summed E-state index contributed by atoms with van der Waals surface area (Å²) in [6.07, 6.45) is -2.79. The Bertz CT molecular complexity index is 777. The van der Waals surface area contributed by atoms with Crippen molar-refractivity contribution in [2.45, 2.75) is 44.8 Å². The maximum atomic E-state index is 10.3. The number of nitrogens with two attached hydrogens (primary N) is 1. The molecule has 0 radical (unpaired) electrons. The Hall–Kier alpha value is -1.33. The van der Waals surface area contributed by atoms with Gasteiger partial charge in [0, 0.05) is 0 Å². The molecule has 3 heterocycles. The normalized spacial score (nSPS) is 27.7. The molecule has 10 heteroatoms. The van der Waals surface area contributed by atoms with Gasteiger partial charge in [0.05, 0.1) is 12.7 Å². The first-order valence-electron chi connectivity index (χ1n) is 7.30. The molecule has 8 nitrogen and oxygen atoms in total. The molecule has 3 rings (SSSR count). The molecule has 0 amide bonds. The zero-order chi connectivity index (χ0) is 16.7. The van der Waals surface area contributed by atoms with Gasteiger partial charge >= 0.3 is 0 Å². The maximum Gasteiger partial charge on any atom is 0.238 e. The summed E-state index contributed by atoms with van der Waals surface area (Å²) < 4.78 is 13.9. The van der Waals surface area contributed by atoms with Crippen LogP contribution in [-0.2, 0) is 4.74 Å². The summed E-state index contributed by atoms with van der Waals surface area (Å²) in [6, 6.07) is 0. The summed E-state index contributed by atoms with van der Waals surface area (Å²) >= 11 is 6.64. The van der Waals surface area contributed by atoms with E-state index in [1.165, 1.54) is 11.3 Å². The molecule has 0 saturated carbocycles. The molecule has 1 aliphatic rings. The molecule has 2 aromatic rings. The van der Waals surface area contributed by atoms with Crippen molar-refractivity contribution in [3.05, 3.63) is 3.95 Å². The van der Waals surface area contributed by atoms with Gasteiger partial charge in [0.1, 0.15) is 16.9 Å². The summed E-state index contributed by atoms with van der Waals surface area (Å²) in [5, 5.41) is 20.4. The van der Waals surface area contributed by atoms with Gasteiger partial charge in [-0.2, -0.15) is 9.97 Å². The van der Waals surface area contributed by atoms with Gasteiger partial charge in [0.2, 0.25) is 11.8 Å². The monoisotopic (exact) mass is 358 g/mol. The first kappa shape index (κ1) is 16.5. The van der Waals surface area contributed by atoms with Crippen LogP contribution in [0.15, 0.2) is 0 Å². The zero-order valence-electron chi connectivity index (χ0n) is 12.7. The van der Waals surface area contributed by atoms with Gasteiger partial charge in [-0.05, 0) is 25.6 Å². The predicted octanol–water partition coefficient (Wildman–Crippen LogP) is 1.23. The lowest BCUT2D eigenvalue weighted by Crippen LogP contribution is -2.31. The van der Waals surface area contributed by atoms with Crippen molar-refractivity contribution in [1.29, 1.82) is 0 Å². The molecule has 2 aromatic heterocycles. The molecular formula is C13H18N4O4S2. The molecule has 1 saturated heterocycles. The third-order valence-electron chi connectivity index (χ3n) is 3.72. The predicted molar refractivity (Wildman–Crippen MR) is 88.0 cm³/mol. The highest BCUT2D eigenvalue weighted by atomic mass is 32.1. The quantitative estimate of drug-likeness (QED) is 0.699. The van der Waals surface area contributed by atoms with Crippen molar-refractivity contribution in [2.24, 2.45) is 0 Å². The second-order valence-corrected chi connectivity index (χ2v) is 6.81. The summed E-state index contributed by atoms with van der Waals surface area (Å²) in [6.45, 7) is 4.14. The van der Waals surface area contributed by atoms with Crippen molar-refractivity contribution in [3.63, 3.8) is 0 Å². The van der Waals surface area contributed by atoms with Crippen molar-refractivity contribution >= 4 is 39.9 Å². The molecule has 0 bridgehead atoms. The maximum absolute atomic E-state index is 10.3. The number of nitrogens with zero attached hydrogens (tertiary/aromatic N) is 3. The average Bonchev–Trinajstić information content (AvgIpc) is 2.97. The molecule has 0 aliphatic carbocycles. The van der Waals surface area contributed by atoms with E-state index in [2.05, 4.69) is 9.97 Å². The lowest BCUT2D eigenvalue weighted by molar-refractivity contribution is -0.0356. The van der Waals surface area contributed by atoms with E-state index in [0.717, 1.165) is 0 Å². The molecule has 4 N–H and O–H groups in total. The number of aliphatic hydroxyl groups is 2. The summed E-state index contributed by atoms with van der Waals surface area (Å²) in [7, 11) is 0. The lowest BCUT2D eigenvalue weighted by atomic mass is 10.1. The molecule has 1 fully saturated rings. The van der Waals surface area contributed by atoms with Crippen LogP contribution in [0.5, 0.6) is 5.88 Å². The highest BCUT2D eigenvalue weighted by Gasteiger charge is 2.43. The third-order valence-corrected chi connectivity index (χ3v) is 5.10. The molecule has 126 valence electrons. The average molecular weight is 358 g/mol. The van der Waals surface area contributed by atoms with Gasteiger partial charge < -0.3 is 25.4 Å². The SMILES string of the molecule is CCOc1nc(N)nc2c1sc(=S)n2[C@@H]1O[C@H](CC)[C@@H](O)[C@H]1O. The van der Waals surface area contributed by atoms with Crippen molar-refractivity contribution in [3.8, 4) is 5.88 Å². The Labute approximate surface area is 141 Å². The number of fused-ring (bicyclic) bond motifs is 1. The fraction of sp³-hybridized carbons (Fsp3) is 0.615.